The van der Waals surface area contributed by atoms with Crippen LogP contribution < -0.4 is 14.8 Å². The third-order valence-electron chi connectivity index (χ3n) is 3.98. The fraction of sp³-hybridized carbons (Fsp3) is 0.350. The Kier molecular flexibility index (Phi) is 6.81. The standard InChI is InChI=1S/C20H24FNO3/c1-4-17(25-19-10-6-5-9-16(19)21)20(23)22-12-13-24-18-11-7-8-14(2)15(18)3/h5-11,17H,4,12-13H2,1-3H3,(H,22,23)/t17-/m0/s1. The molecule has 134 valence electrons. The summed E-state index contributed by atoms with van der Waals surface area (Å²) in [6.07, 6.45) is -0.296. The van der Waals surface area contributed by atoms with Crippen molar-refractivity contribution < 1.29 is 18.7 Å². The molecule has 1 amide bonds. The molecule has 0 aliphatic rings. The van der Waals surface area contributed by atoms with Crippen molar-refractivity contribution in [3.63, 3.8) is 0 Å². The first-order valence-corrected chi connectivity index (χ1v) is 8.40. The Labute approximate surface area is 148 Å². The molecule has 0 saturated carbocycles. The monoisotopic (exact) mass is 345 g/mol. The number of carbonyl (C=O) groups excluding carboxylic acids is 1. The highest BCUT2D eigenvalue weighted by atomic mass is 19.1. The van der Waals surface area contributed by atoms with E-state index >= 15 is 0 Å². The Balaban J connectivity index is 1.82. The normalized spacial score (nSPS) is 11.7. The summed E-state index contributed by atoms with van der Waals surface area (Å²) in [7, 11) is 0. The number of nitrogens with one attached hydrogen (secondary N) is 1. The van der Waals surface area contributed by atoms with Crippen molar-refractivity contribution in [1.29, 1.82) is 0 Å². The van der Waals surface area contributed by atoms with Crippen LogP contribution in [-0.2, 0) is 4.79 Å². The lowest BCUT2D eigenvalue weighted by Gasteiger charge is -2.18. The number of ether oxygens (including phenoxy) is 2. The first kappa shape index (κ1) is 18.8. The van der Waals surface area contributed by atoms with Crippen LogP contribution in [0.15, 0.2) is 42.5 Å². The summed E-state index contributed by atoms with van der Waals surface area (Å²) in [5, 5.41) is 2.77. The molecule has 0 fully saturated rings. The van der Waals surface area contributed by atoms with Crippen molar-refractivity contribution in [2.75, 3.05) is 13.2 Å². The van der Waals surface area contributed by atoms with Crippen LogP contribution in [0.1, 0.15) is 24.5 Å². The summed E-state index contributed by atoms with van der Waals surface area (Å²) in [6.45, 7) is 6.54. The zero-order valence-electron chi connectivity index (χ0n) is 14.8. The Hall–Kier alpha value is -2.56. The van der Waals surface area contributed by atoms with Gasteiger partial charge in [0.1, 0.15) is 12.4 Å². The third-order valence-corrected chi connectivity index (χ3v) is 3.98. The van der Waals surface area contributed by atoms with E-state index < -0.39 is 11.9 Å². The van der Waals surface area contributed by atoms with E-state index in [-0.39, 0.29) is 11.7 Å². The van der Waals surface area contributed by atoms with Gasteiger partial charge >= 0.3 is 0 Å². The lowest BCUT2D eigenvalue weighted by Crippen LogP contribution is -2.40. The number of amides is 1. The SMILES string of the molecule is CC[C@H](Oc1ccccc1F)C(=O)NCCOc1cccc(C)c1C. The van der Waals surface area contributed by atoms with E-state index in [1.807, 2.05) is 39.0 Å². The number of aryl methyl sites for hydroxylation is 1. The molecule has 2 aromatic carbocycles. The van der Waals surface area contributed by atoms with Crippen LogP contribution in [-0.4, -0.2) is 25.2 Å². The molecule has 0 aromatic heterocycles. The molecule has 0 unspecified atom stereocenters. The maximum atomic E-state index is 13.6. The van der Waals surface area contributed by atoms with Gasteiger partial charge in [-0.15, -0.1) is 0 Å². The van der Waals surface area contributed by atoms with Crippen LogP contribution >= 0.6 is 0 Å². The topological polar surface area (TPSA) is 47.6 Å². The minimum atomic E-state index is -0.738. The average molecular weight is 345 g/mol. The summed E-state index contributed by atoms with van der Waals surface area (Å²) < 4.78 is 24.8. The van der Waals surface area contributed by atoms with Crippen molar-refractivity contribution in [3.8, 4) is 11.5 Å². The molecule has 2 rings (SSSR count). The maximum absolute atomic E-state index is 13.6. The first-order valence-electron chi connectivity index (χ1n) is 8.40. The van der Waals surface area contributed by atoms with Gasteiger partial charge in [0.2, 0.25) is 0 Å². The molecule has 5 heteroatoms. The summed E-state index contributed by atoms with van der Waals surface area (Å²) in [5.74, 6) is 0.127. The van der Waals surface area contributed by atoms with Crippen LogP contribution in [0.4, 0.5) is 4.39 Å². The summed E-state index contributed by atoms with van der Waals surface area (Å²) in [4.78, 5) is 12.2. The van der Waals surface area contributed by atoms with E-state index in [2.05, 4.69) is 5.32 Å². The lowest BCUT2D eigenvalue weighted by molar-refractivity contribution is -0.128. The van der Waals surface area contributed by atoms with Gasteiger partial charge in [-0.2, -0.15) is 0 Å². The Bertz CT molecular complexity index is 718. The zero-order chi connectivity index (χ0) is 18.2. The highest BCUT2D eigenvalue weighted by molar-refractivity contribution is 5.81. The molecule has 4 nitrogen and oxygen atoms in total. The Morgan fingerprint density at radius 2 is 1.84 bits per heavy atom. The quantitative estimate of drug-likeness (QED) is 0.741. The van der Waals surface area contributed by atoms with E-state index in [1.54, 1.807) is 12.1 Å². The van der Waals surface area contributed by atoms with Gasteiger partial charge in [0.25, 0.3) is 5.91 Å². The van der Waals surface area contributed by atoms with Gasteiger partial charge in [0, 0.05) is 0 Å². The summed E-state index contributed by atoms with van der Waals surface area (Å²) >= 11 is 0. The number of hydrogen-bond acceptors (Lipinski definition) is 3. The molecule has 0 radical (unpaired) electrons. The van der Waals surface area contributed by atoms with E-state index in [1.165, 1.54) is 12.1 Å². The number of halogens is 1. The predicted molar refractivity (Wildman–Crippen MR) is 95.5 cm³/mol. The average Bonchev–Trinajstić information content (AvgIpc) is 2.61. The van der Waals surface area contributed by atoms with Gasteiger partial charge in [-0.3, -0.25) is 4.79 Å². The highest BCUT2D eigenvalue weighted by Gasteiger charge is 2.19. The van der Waals surface area contributed by atoms with Crippen LogP contribution in [0.2, 0.25) is 0 Å². The molecule has 25 heavy (non-hydrogen) atoms. The fourth-order valence-electron chi connectivity index (χ4n) is 2.35. The van der Waals surface area contributed by atoms with Crippen molar-refractivity contribution in [1.82, 2.24) is 5.32 Å². The number of carbonyl (C=O) groups is 1. The van der Waals surface area contributed by atoms with Crippen LogP contribution in [0, 0.1) is 19.7 Å². The van der Waals surface area contributed by atoms with Crippen LogP contribution in [0.5, 0.6) is 11.5 Å². The lowest BCUT2D eigenvalue weighted by atomic mass is 10.1. The van der Waals surface area contributed by atoms with Crippen molar-refractivity contribution >= 4 is 5.91 Å². The van der Waals surface area contributed by atoms with E-state index in [4.69, 9.17) is 9.47 Å². The minimum Gasteiger partial charge on any atom is -0.491 e. The van der Waals surface area contributed by atoms with Gasteiger partial charge in [0.05, 0.1) is 6.54 Å². The van der Waals surface area contributed by atoms with Gasteiger partial charge < -0.3 is 14.8 Å². The largest absolute Gasteiger partial charge is 0.491 e. The fourth-order valence-corrected chi connectivity index (χ4v) is 2.35. The number of rotatable bonds is 8. The second-order valence-electron chi connectivity index (χ2n) is 5.78. The van der Waals surface area contributed by atoms with E-state index in [0.29, 0.717) is 19.6 Å². The number of para-hydroxylation sites is 1. The number of hydrogen-bond donors (Lipinski definition) is 1. The Morgan fingerprint density at radius 1 is 1.12 bits per heavy atom. The molecular weight excluding hydrogens is 321 g/mol. The maximum Gasteiger partial charge on any atom is 0.261 e. The van der Waals surface area contributed by atoms with Crippen molar-refractivity contribution in [3.05, 3.63) is 59.4 Å². The molecule has 1 N–H and O–H groups in total. The molecular formula is C20H24FNO3. The number of benzene rings is 2. The van der Waals surface area contributed by atoms with Gasteiger partial charge in [0.15, 0.2) is 17.7 Å². The van der Waals surface area contributed by atoms with Gasteiger partial charge in [-0.25, -0.2) is 4.39 Å². The van der Waals surface area contributed by atoms with Crippen molar-refractivity contribution in [2.24, 2.45) is 0 Å². The molecule has 0 spiro atoms. The first-order chi connectivity index (χ1) is 12.0. The second-order valence-corrected chi connectivity index (χ2v) is 5.78. The molecule has 0 heterocycles. The molecule has 0 saturated heterocycles. The van der Waals surface area contributed by atoms with E-state index in [0.717, 1.165) is 16.9 Å². The minimum absolute atomic E-state index is 0.0798. The molecule has 0 aliphatic carbocycles. The summed E-state index contributed by atoms with van der Waals surface area (Å²) in [5.41, 5.74) is 2.24. The molecule has 2 aromatic rings. The summed E-state index contributed by atoms with van der Waals surface area (Å²) in [6, 6.07) is 11.9. The Morgan fingerprint density at radius 3 is 2.56 bits per heavy atom. The predicted octanol–water partition coefficient (Wildman–Crippen LogP) is 3.80. The van der Waals surface area contributed by atoms with Crippen LogP contribution in [0.3, 0.4) is 0 Å². The van der Waals surface area contributed by atoms with Crippen molar-refractivity contribution in [2.45, 2.75) is 33.3 Å². The van der Waals surface area contributed by atoms with Crippen LogP contribution in [0.25, 0.3) is 0 Å². The molecule has 0 aliphatic heterocycles. The van der Waals surface area contributed by atoms with E-state index in [9.17, 15) is 9.18 Å². The second kappa shape index (κ2) is 9.06. The smallest absolute Gasteiger partial charge is 0.261 e. The zero-order valence-corrected chi connectivity index (χ0v) is 14.8. The van der Waals surface area contributed by atoms with Gasteiger partial charge in [-0.05, 0) is 49.6 Å². The molecule has 1 atom stereocenters. The van der Waals surface area contributed by atoms with Gasteiger partial charge in [-0.1, -0.05) is 31.2 Å². The third kappa shape index (κ3) is 5.21. The highest BCUT2D eigenvalue weighted by Crippen LogP contribution is 2.20. The molecule has 0 bridgehead atoms.